The molecule has 1 heterocycles. The molecule has 26 heavy (non-hydrogen) atoms. The van der Waals surface area contributed by atoms with Crippen LogP contribution in [0, 0.1) is 12.8 Å². The molecule has 1 saturated carbocycles. The van der Waals surface area contributed by atoms with E-state index in [1.165, 1.54) is 19.1 Å². The SMILES string of the molecule is CN=C(NCCCNC(=O)c1occc1C)NCCCOCC1CC1.I. The van der Waals surface area contributed by atoms with Gasteiger partial charge in [-0.25, -0.2) is 0 Å². The van der Waals surface area contributed by atoms with Crippen LogP contribution in [0.25, 0.3) is 0 Å². The van der Waals surface area contributed by atoms with E-state index < -0.39 is 0 Å². The third kappa shape index (κ3) is 8.88. The maximum absolute atomic E-state index is 11.9. The van der Waals surface area contributed by atoms with Gasteiger partial charge in [-0.2, -0.15) is 0 Å². The average Bonchev–Trinajstić information content (AvgIpc) is 3.34. The number of aryl methyl sites for hydroxylation is 1. The lowest BCUT2D eigenvalue weighted by atomic mass is 10.2. The first-order chi connectivity index (χ1) is 12.2. The fourth-order valence-electron chi connectivity index (χ4n) is 2.32. The maximum Gasteiger partial charge on any atom is 0.287 e. The molecule has 2 rings (SSSR count). The lowest BCUT2D eigenvalue weighted by Gasteiger charge is -2.12. The molecule has 1 aromatic rings. The van der Waals surface area contributed by atoms with E-state index in [0.717, 1.165) is 56.6 Å². The number of ether oxygens (including phenoxy) is 1. The number of guanidine groups is 1. The highest BCUT2D eigenvalue weighted by atomic mass is 127. The third-order valence-corrected chi connectivity index (χ3v) is 4.03. The zero-order valence-corrected chi connectivity index (χ0v) is 18.0. The van der Waals surface area contributed by atoms with Crippen LogP contribution in [-0.2, 0) is 4.74 Å². The van der Waals surface area contributed by atoms with Crippen molar-refractivity contribution in [2.45, 2.75) is 32.6 Å². The quantitative estimate of drug-likeness (QED) is 0.197. The van der Waals surface area contributed by atoms with Crippen LogP contribution in [0.3, 0.4) is 0 Å². The molecule has 3 N–H and O–H groups in total. The van der Waals surface area contributed by atoms with E-state index in [4.69, 9.17) is 9.15 Å². The molecule has 1 aliphatic rings. The largest absolute Gasteiger partial charge is 0.459 e. The molecule has 1 aromatic heterocycles. The summed E-state index contributed by atoms with van der Waals surface area (Å²) in [6.45, 7) is 5.70. The van der Waals surface area contributed by atoms with Gasteiger partial charge >= 0.3 is 0 Å². The molecule has 0 unspecified atom stereocenters. The number of aliphatic imine (C=N–C) groups is 1. The first-order valence-corrected chi connectivity index (χ1v) is 9.05. The van der Waals surface area contributed by atoms with Crippen molar-refractivity contribution in [1.29, 1.82) is 0 Å². The lowest BCUT2D eigenvalue weighted by molar-refractivity contribution is 0.0925. The number of amides is 1. The number of nitrogens with zero attached hydrogens (tertiary/aromatic N) is 1. The van der Waals surface area contributed by atoms with Gasteiger partial charge in [0.1, 0.15) is 0 Å². The normalized spacial score (nSPS) is 13.8. The average molecular weight is 478 g/mol. The number of carbonyl (C=O) groups is 1. The second-order valence-electron chi connectivity index (χ2n) is 6.34. The number of hydrogen-bond donors (Lipinski definition) is 3. The highest BCUT2D eigenvalue weighted by Gasteiger charge is 2.20. The van der Waals surface area contributed by atoms with E-state index in [-0.39, 0.29) is 29.9 Å². The highest BCUT2D eigenvalue weighted by molar-refractivity contribution is 14.0. The van der Waals surface area contributed by atoms with Crippen LogP contribution in [0.4, 0.5) is 0 Å². The Balaban J connectivity index is 0.00000338. The first-order valence-electron chi connectivity index (χ1n) is 9.05. The molecule has 0 aromatic carbocycles. The molecule has 0 saturated heterocycles. The fraction of sp³-hybridized carbons (Fsp3) is 0.667. The summed E-state index contributed by atoms with van der Waals surface area (Å²) < 4.78 is 10.8. The van der Waals surface area contributed by atoms with E-state index in [2.05, 4.69) is 20.9 Å². The molecule has 7 nitrogen and oxygen atoms in total. The summed E-state index contributed by atoms with van der Waals surface area (Å²) in [6, 6.07) is 1.78. The van der Waals surface area contributed by atoms with Crippen molar-refractivity contribution < 1.29 is 13.9 Å². The smallest absolute Gasteiger partial charge is 0.287 e. The minimum absolute atomic E-state index is 0. The van der Waals surface area contributed by atoms with Gasteiger partial charge in [-0.3, -0.25) is 9.79 Å². The number of hydrogen-bond acceptors (Lipinski definition) is 4. The van der Waals surface area contributed by atoms with Gasteiger partial charge in [-0.15, -0.1) is 24.0 Å². The minimum atomic E-state index is -0.170. The second-order valence-corrected chi connectivity index (χ2v) is 6.34. The van der Waals surface area contributed by atoms with Gasteiger partial charge in [0.05, 0.1) is 6.26 Å². The molecule has 8 heteroatoms. The van der Waals surface area contributed by atoms with E-state index in [9.17, 15) is 4.79 Å². The Hall–Kier alpha value is -1.29. The Morgan fingerprint density at radius 1 is 1.23 bits per heavy atom. The van der Waals surface area contributed by atoms with Crippen LogP contribution in [0.1, 0.15) is 41.8 Å². The predicted molar refractivity (Wildman–Crippen MR) is 113 cm³/mol. The van der Waals surface area contributed by atoms with E-state index in [1.54, 1.807) is 13.1 Å². The van der Waals surface area contributed by atoms with Crippen LogP contribution in [0.2, 0.25) is 0 Å². The standard InChI is InChI=1S/C18H30N4O3.HI/c1-14-7-12-25-16(14)17(23)20-8-3-9-21-18(19-2)22-10-4-11-24-13-15-5-6-15;/h7,12,15H,3-6,8-11,13H2,1-2H3,(H,20,23)(H2,19,21,22);1H. The Morgan fingerprint density at radius 2 is 1.92 bits per heavy atom. The Bertz CT molecular complexity index is 558. The summed E-state index contributed by atoms with van der Waals surface area (Å²) >= 11 is 0. The van der Waals surface area contributed by atoms with Crippen LogP contribution in [0.5, 0.6) is 0 Å². The summed E-state index contributed by atoms with van der Waals surface area (Å²) in [5, 5.41) is 9.34. The summed E-state index contributed by atoms with van der Waals surface area (Å²) in [4.78, 5) is 16.1. The molecule has 0 bridgehead atoms. The van der Waals surface area contributed by atoms with Gasteiger partial charge in [0.2, 0.25) is 0 Å². The van der Waals surface area contributed by atoms with Crippen LogP contribution in [-0.4, -0.2) is 51.8 Å². The molecule has 0 atom stereocenters. The Labute approximate surface area is 172 Å². The predicted octanol–water partition coefficient (Wildman–Crippen LogP) is 2.31. The highest BCUT2D eigenvalue weighted by Crippen LogP contribution is 2.28. The summed E-state index contributed by atoms with van der Waals surface area (Å²) in [7, 11) is 1.75. The molecule has 1 amide bonds. The molecule has 0 aliphatic heterocycles. The summed E-state index contributed by atoms with van der Waals surface area (Å²) in [6.07, 6.45) is 5.95. The Kier molecular flexibility index (Phi) is 11.3. The molecule has 1 fully saturated rings. The number of carbonyl (C=O) groups excluding carboxylic acids is 1. The van der Waals surface area contributed by atoms with E-state index in [1.807, 2.05) is 6.92 Å². The van der Waals surface area contributed by atoms with Gasteiger partial charge in [-0.05, 0) is 44.6 Å². The van der Waals surface area contributed by atoms with Gasteiger partial charge in [0, 0.05) is 45.5 Å². The van der Waals surface area contributed by atoms with Crippen molar-refractivity contribution in [1.82, 2.24) is 16.0 Å². The van der Waals surface area contributed by atoms with Gasteiger partial charge in [-0.1, -0.05) is 0 Å². The molecule has 0 radical (unpaired) electrons. The molecule has 1 aliphatic carbocycles. The van der Waals surface area contributed by atoms with Crippen molar-refractivity contribution in [2.24, 2.45) is 10.9 Å². The van der Waals surface area contributed by atoms with Crippen molar-refractivity contribution in [3.05, 3.63) is 23.7 Å². The minimum Gasteiger partial charge on any atom is -0.459 e. The van der Waals surface area contributed by atoms with Crippen molar-refractivity contribution in [3.63, 3.8) is 0 Å². The molecular weight excluding hydrogens is 447 g/mol. The summed E-state index contributed by atoms with van der Waals surface area (Å²) in [5.74, 6) is 1.81. The Morgan fingerprint density at radius 3 is 2.54 bits per heavy atom. The molecule has 0 spiro atoms. The number of rotatable bonds is 11. The van der Waals surface area contributed by atoms with Crippen LogP contribution in [0.15, 0.2) is 21.7 Å². The monoisotopic (exact) mass is 478 g/mol. The zero-order valence-electron chi connectivity index (χ0n) is 15.7. The number of halogens is 1. The van der Waals surface area contributed by atoms with Gasteiger partial charge < -0.3 is 25.1 Å². The van der Waals surface area contributed by atoms with E-state index in [0.29, 0.717) is 12.3 Å². The maximum atomic E-state index is 11.9. The van der Waals surface area contributed by atoms with Crippen molar-refractivity contribution >= 4 is 35.8 Å². The number of furan rings is 1. The van der Waals surface area contributed by atoms with Crippen molar-refractivity contribution in [3.8, 4) is 0 Å². The summed E-state index contributed by atoms with van der Waals surface area (Å²) in [5.41, 5.74) is 0.848. The molecular formula is C18H31IN4O3. The van der Waals surface area contributed by atoms with Crippen LogP contribution < -0.4 is 16.0 Å². The third-order valence-electron chi connectivity index (χ3n) is 4.03. The number of nitrogens with one attached hydrogen (secondary N) is 3. The lowest BCUT2D eigenvalue weighted by Crippen LogP contribution is -2.39. The zero-order chi connectivity index (χ0) is 17.9. The van der Waals surface area contributed by atoms with Crippen molar-refractivity contribution in [2.75, 3.05) is 39.9 Å². The first kappa shape index (κ1) is 22.8. The van der Waals surface area contributed by atoms with Gasteiger partial charge in [0.15, 0.2) is 11.7 Å². The fourth-order valence-corrected chi connectivity index (χ4v) is 2.32. The second kappa shape index (κ2) is 13.0. The topological polar surface area (TPSA) is 87.9 Å². The van der Waals surface area contributed by atoms with Crippen LogP contribution >= 0.6 is 24.0 Å². The van der Waals surface area contributed by atoms with E-state index >= 15 is 0 Å². The van der Waals surface area contributed by atoms with Gasteiger partial charge in [0.25, 0.3) is 5.91 Å². The molecule has 148 valence electrons.